The van der Waals surface area contributed by atoms with E-state index in [9.17, 15) is 14.9 Å². The third-order valence-electron chi connectivity index (χ3n) is 3.95. The second-order valence-electron chi connectivity index (χ2n) is 6.29. The van der Waals surface area contributed by atoms with Crippen molar-refractivity contribution >= 4 is 29.3 Å². The van der Waals surface area contributed by atoms with Crippen molar-refractivity contribution < 1.29 is 14.3 Å². The Labute approximate surface area is 169 Å². The molecule has 0 spiro atoms. The largest absolute Gasteiger partial charge is 0.462 e. The molecule has 1 aromatic heterocycles. The Morgan fingerprint density at radius 3 is 2.54 bits per heavy atom. The van der Waals surface area contributed by atoms with Crippen LogP contribution in [-0.4, -0.2) is 35.3 Å². The molecular weight excluding hydrogens is 374 g/mol. The number of hydrogen-bond acceptors (Lipinski definition) is 6. The Hall–Kier alpha value is -2.85. The van der Waals surface area contributed by atoms with Crippen molar-refractivity contribution in [1.82, 2.24) is 4.98 Å². The number of amides is 1. The van der Waals surface area contributed by atoms with E-state index in [1.165, 1.54) is 17.8 Å². The maximum absolute atomic E-state index is 12.8. The molecule has 1 heterocycles. The monoisotopic (exact) mass is 397 g/mol. The molecule has 0 saturated carbocycles. The average Bonchev–Trinajstić information content (AvgIpc) is 2.67. The molecule has 6 nitrogen and oxygen atoms in total. The van der Waals surface area contributed by atoms with Crippen LogP contribution in [0.2, 0.25) is 0 Å². The molecule has 0 saturated heterocycles. The summed E-state index contributed by atoms with van der Waals surface area (Å²) in [6.07, 6.45) is 0. The number of thioether (sulfide) groups is 1. The van der Waals surface area contributed by atoms with Gasteiger partial charge < -0.3 is 9.64 Å². The van der Waals surface area contributed by atoms with Crippen LogP contribution in [-0.2, 0) is 9.53 Å². The summed E-state index contributed by atoms with van der Waals surface area (Å²) in [5, 5.41) is 9.86. The van der Waals surface area contributed by atoms with Crippen molar-refractivity contribution in [2.24, 2.45) is 0 Å². The van der Waals surface area contributed by atoms with E-state index >= 15 is 0 Å². The highest BCUT2D eigenvalue weighted by Crippen LogP contribution is 2.25. The summed E-state index contributed by atoms with van der Waals surface area (Å²) in [5.41, 5.74) is 1.81. The molecule has 1 amide bonds. The molecule has 0 aliphatic carbocycles. The summed E-state index contributed by atoms with van der Waals surface area (Å²) in [6, 6.07) is 13.0. The Kier molecular flexibility index (Phi) is 7.59. The molecule has 0 fully saturated rings. The number of hydrogen-bond donors (Lipinski definition) is 0. The molecule has 2 rings (SSSR count). The van der Waals surface area contributed by atoms with E-state index in [0.717, 1.165) is 5.69 Å². The molecule has 0 bridgehead atoms. The number of carbonyl (C=O) groups excluding carboxylic acids is 2. The van der Waals surface area contributed by atoms with Gasteiger partial charge in [0.15, 0.2) is 0 Å². The average molecular weight is 398 g/mol. The van der Waals surface area contributed by atoms with Crippen LogP contribution in [0.25, 0.3) is 0 Å². The van der Waals surface area contributed by atoms with Crippen LogP contribution in [0.5, 0.6) is 0 Å². The lowest BCUT2D eigenvalue weighted by Gasteiger charge is -2.26. The number of aromatic nitrogens is 1. The van der Waals surface area contributed by atoms with E-state index in [4.69, 9.17) is 4.74 Å². The van der Waals surface area contributed by atoms with Gasteiger partial charge in [0, 0.05) is 11.7 Å². The van der Waals surface area contributed by atoms with E-state index in [0.29, 0.717) is 10.7 Å². The number of aryl methyl sites for hydroxylation is 1. The van der Waals surface area contributed by atoms with Gasteiger partial charge in [-0.2, -0.15) is 5.26 Å². The minimum absolute atomic E-state index is 0.00757. The van der Waals surface area contributed by atoms with Gasteiger partial charge in [-0.3, -0.25) is 4.79 Å². The summed E-state index contributed by atoms with van der Waals surface area (Å²) in [7, 11) is 0. The van der Waals surface area contributed by atoms with Gasteiger partial charge in [-0.15, -0.1) is 0 Å². The molecule has 146 valence electrons. The smallest absolute Gasteiger partial charge is 0.340 e. The number of anilines is 1. The molecule has 0 N–H and O–H groups in total. The maximum Gasteiger partial charge on any atom is 0.340 e. The standard InChI is InChI=1S/C21H23N3O3S/c1-5-27-21(26)18-11-16(12-22)20(23-15(18)4)28-13-19(25)24(14(2)3)17-9-7-6-8-10-17/h6-11,14H,5,13H2,1-4H3. The van der Waals surface area contributed by atoms with Crippen molar-refractivity contribution in [3.8, 4) is 6.07 Å². The number of esters is 1. The normalized spacial score (nSPS) is 10.4. The highest BCUT2D eigenvalue weighted by molar-refractivity contribution is 8.00. The SMILES string of the molecule is CCOC(=O)c1cc(C#N)c(SCC(=O)N(c2ccccc2)C(C)C)nc1C. The first-order valence-corrected chi connectivity index (χ1v) is 9.96. The van der Waals surface area contributed by atoms with Gasteiger partial charge in [0.2, 0.25) is 5.91 Å². The fourth-order valence-corrected chi connectivity index (χ4v) is 3.57. The zero-order valence-corrected chi connectivity index (χ0v) is 17.2. The predicted octanol–water partition coefficient (Wildman–Crippen LogP) is 3.97. The topological polar surface area (TPSA) is 83.3 Å². The second-order valence-corrected chi connectivity index (χ2v) is 7.25. The van der Waals surface area contributed by atoms with Gasteiger partial charge in [-0.25, -0.2) is 9.78 Å². The first kappa shape index (κ1) is 21.5. The van der Waals surface area contributed by atoms with Crippen molar-refractivity contribution in [3.63, 3.8) is 0 Å². The highest BCUT2D eigenvalue weighted by Gasteiger charge is 2.21. The quantitative estimate of drug-likeness (QED) is 0.519. The van der Waals surface area contributed by atoms with Crippen LogP contribution in [0.4, 0.5) is 5.69 Å². The van der Waals surface area contributed by atoms with Crippen LogP contribution in [0.15, 0.2) is 41.4 Å². The molecular formula is C21H23N3O3S. The second kappa shape index (κ2) is 9.90. The molecule has 7 heteroatoms. The summed E-state index contributed by atoms with van der Waals surface area (Å²) in [6.45, 7) is 7.55. The number of rotatable bonds is 7. The third kappa shape index (κ3) is 5.11. The number of para-hydroxylation sites is 1. The van der Waals surface area contributed by atoms with Gasteiger partial charge in [0.05, 0.1) is 29.2 Å². The van der Waals surface area contributed by atoms with Crippen molar-refractivity contribution in [2.45, 2.75) is 38.8 Å². The van der Waals surface area contributed by atoms with Crippen LogP contribution < -0.4 is 4.90 Å². The number of benzene rings is 1. The molecule has 0 aliphatic rings. The first-order valence-electron chi connectivity index (χ1n) is 8.97. The van der Waals surface area contributed by atoms with Gasteiger partial charge in [0.1, 0.15) is 11.1 Å². The fraction of sp³-hybridized carbons (Fsp3) is 0.333. The zero-order valence-electron chi connectivity index (χ0n) is 16.4. The van der Waals surface area contributed by atoms with E-state index in [-0.39, 0.29) is 35.4 Å². The number of nitriles is 1. The molecule has 0 unspecified atom stereocenters. The number of nitrogens with zero attached hydrogens (tertiary/aromatic N) is 3. The number of ether oxygens (including phenoxy) is 1. The minimum atomic E-state index is -0.508. The van der Waals surface area contributed by atoms with Crippen LogP contribution in [0.3, 0.4) is 0 Å². The Morgan fingerprint density at radius 1 is 1.29 bits per heavy atom. The van der Waals surface area contributed by atoms with Crippen LogP contribution >= 0.6 is 11.8 Å². The van der Waals surface area contributed by atoms with Crippen LogP contribution in [0, 0.1) is 18.3 Å². The lowest BCUT2D eigenvalue weighted by atomic mass is 10.1. The molecule has 28 heavy (non-hydrogen) atoms. The molecule has 2 aromatic rings. The molecule has 0 aliphatic heterocycles. The minimum Gasteiger partial charge on any atom is -0.462 e. The summed E-state index contributed by atoms with van der Waals surface area (Å²) in [4.78, 5) is 30.9. The van der Waals surface area contributed by atoms with Gasteiger partial charge in [0.25, 0.3) is 0 Å². The number of pyridine rings is 1. The number of carbonyl (C=O) groups is 2. The zero-order chi connectivity index (χ0) is 20.7. The molecule has 1 aromatic carbocycles. The van der Waals surface area contributed by atoms with E-state index in [1.807, 2.05) is 44.2 Å². The van der Waals surface area contributed by atoms with E-state index in [2.05, 4.69) is 11.1 Å². The Bertz CT molecular complexity index is 892. The Balaban J connectivity index is 2.21. The van der Waals surface area contributed by atoms with E-state index < -0.39 is 5.97 Å². The van der Waals surface area contributed by atoms with Crippen LogP contribution in [0.1, 0.15) is 42.4 Å². The highest BCUT2D eigenvalue weighted by atomic mass is 32.2. The fourth-order valence-electron chi connectivity index (χ4n) is 2.71. The van der Waals surface area contributed by atoms with Gasteiger partial charge in [-0.1, -0.05) is 30.0 Å². The van der Waals surface area contributed by atoms with Crippen molar-refractivity contribution in [3.05, 3.63) is 53.2 Å². The maximum atomic E-state index is 12.8. The van der Waals surface area contributed by atoms with Gasteiger partial charge >= 0.3 is 5.97 Å². The summed E-state index contributed by atoms with van der Waals surface area (Å²) >= 11 is 1.19. The summed E-state index contributed by atoms with van der Waals surface area (Å²) in [5.74, 6) is -0.455. The van der Waals surface area contributed by atoms with Gasteiger partial charge in [-0.05, 0) is 45.9 Å². The molecule has 0 radical (unpaired) electrons. The van der Waals surface area contributed by atoms with E-state index in [1.54, 1.807) is 18.7 Å². The lowest BCUT2D eigenvalue weighted by Crippen LogP contribution is -2.38. The summed E-state index contributed by atoms with van der Waals surface area (Å²) < 4.78 is 5.00. The Morgan fingerprint density at radius 2 is 1.96 bits per heavy atom. The predicted molar refractivity (Wildman–Crippen MR) is 109 cm³/mol. The third-order valence-corrected chi connectivity index (χ3v) is 4.92. The molecule has 0 atom stereocenters. The van der Waals surface area contributed by atoms with Crippen molar-refractivity contribution in [1.29, 1.82) is 5.26 Å². The van der Waals surface area contributed by atoms with Crippen molar-refractivity contribution in [2.75, 3.05) is 17.3 Å². The first-order chi connectivity index (χ1) is 13.4. The lowest BCUT2D eigenvalue weighted by molar-refractivity contribution is -0.116.